The smallest absolute Gasteiger partial charge is 0.260 e. The van der Waals surface area contributed by atoms with Gasteiger partial charge in [-0.15, -0.1) is 16.4 Å². The predicted molar refractivity (Wildman–Crippen MR) is 111 cm³/mol. The Hall–Kier alpha value is -2.79. The van der Waals surface area contributed by atoms with Gasteiger partial charge in [0, 0.05) is 19.3 Å². The topological polar surface area (TPSA) is 138 Å². The van der Waals surface area contributed by atoms with E-state index in [0.717, 1.165) is 47.7 Å². The van der Waals surface area contributed by atoms with Crippen molar-refractivity contribution >= 4 is 38.8 Å². The van der Waals surface area contributed by atoms with Crippen LogP contribution in [0.2, 0.25) is 0 Å². The molecule has 1 aliphatic rings. The molecule has 0 spiro atoms. The highest BCUT2D eigenvalue weighted by Crippen LogP contribution is 2.39. The van der Waals surface area contributed by atoms with Gasteiger partial charge in [0.05, 0.1) is 36.5 Å². The normalized spacial score (nSPS) is 17.1. The van der Waals surface area contributed by atoms with Crippen LogP contribution in [0.4, 0.5) is 11.4 Å². The molecule has 154 valence electrons. The minimum Gasteiger partial charge on any atom is -0.397 e. The van der Waals surface area contributed by atoms with Gasteiger partial charge >= 0.3 is 0 Å². The van der Waals surface area contributed by atoms with Crippen molar-refractivity contribution in [2.75, 3.05) is 36.9 Å². The number of aryl methyl sites for hydroxylation is 1. The zero-order chi connectivity index (χ0) is 20.4. The molecule has 0 unspecified atom stereocenters. The minimum atomic E-state index is -0.515. The minimum absolute atomic E-state index is 0.370. The number of anilines is 2. The van der Waals surface area contributed by atoms with Crippen molar-refractivity contribution in [2.24, 2.45) is 11.7 Å². The van der Waals surface area contributed by atoms with E-state index in [-0.39, 0.29) is 0 Å². The fourth-order valence-electron chi connectivity index (χ4n) is 3.75. The first-order valence-corrected chi connectivity index (χ1v) is 10.4. The molecule has 0 bridgehead atoms. The number of aromatic nitrogens is 5. The fraction of sp³-hybridized carbons (Fsp3) is 0.500. The second-order valence-electron chi connectivity index (χ2n) is 7.20. The Balaban J connectivity index is 1.42. The van der Waals surface area contributed by atoms with E-state index in [9.17, 15) is 4.79 Å². The number of primary amides is 1. The number of pyridine rings is 1. The van der Waals surface area contributed by atoms with Crippen molar-refractivity contribution in [1.29, 1.82) is 0 Å². The van der Waals surface area contributed by atoms with Crippen molar-refractivity contribution in [3.63, 3.8) is 0 Å². The van der Waals surface area contributed by atoms with Crippen molar-refractivity contribution in [3.8, 4) is 0 Å². The zero-order valence-electron chi connectivity index (χ0n) is 16.2. The summed E-state index contributed by atoms with van der Waals surface area (Å²) in [6.07, 6.45) is 3.93. The second kappa shape index (κ2) is 8.29. The Morgan fingerprint density at radius 2 is 2.31 bits per heavy atom. The molecule has 10 nitrogen and oxygen atoms in total. The van der Waals surface area contributed by atoms with Gasteiger partial charge in [-0.1, -0.05) is 0 Å². The van der Waals surface area contributed by atoms with Gasteiger partial charge in [0.15, 0.2) is 0 Å². The van der Waals surface area contributed by atoms with Gasteiger partial charge in [-0.2, -0.15) is 0 Å². The molecule has 3 aromatic heterocycles. The highest BCUT2D eigenvalue weighted by molar-refractivity contribution is 7.21. The number of fused-ring (bicyclic) bond motifs is 1. The highest BCUT2D eigenvalue weighted by Gasteiger charge is 2.25. The van der Waals surface area contributed by atoms with Crippen LogP contribution in [0.15, 0.2) is 12.3 Å². The van der Waals surface area contributed by atoms with Gasteiger partial charge in [-0.3, -0.25) is 4.79 Å². The first-order chi connectivity index (χ1) is 14.0. The molecule has 1 amide bonds. The van der Waals surface area contributed by atoms with Crippen molar-refractivity contribution < 1.29 is 9.53 Å². The maximum absolute atomic E-state index is 11.7. The molecule has 1 atom stereocenters. The summed E-state index contributed by atoms with van der Waals surface area (Å²) >= 11 is 1.25. The summed E-state index contributed by atoms with van der Waals surface area (Å²) < 4.78 is 7.63. The van der Waals surface area contributed by atoms with E-state index in [1.165, 1.54) is 11.3 Å². The zero-order valence-corrected chi connectivity index (χ0v) is 17.1. The van der Waals surface area contributed by atoms with Gasteiger partial charge < -0.3 is 21.1 Å². The van der Waals surface area contributed by atoms with E-state index in [2.05, 4.69) is 25.4 Å². The van der Waals surface area contributed by atoms with E-state index >= 15 is 0 Å². The number of nitrogens with two attached hydrogens (primary N) is 2. The number of nitrogen functional groups attached to an aromatic ring is 1. The number of ether oxygens (including phenoxy) is 1. The standard InChI is InChI=1S/C18H24N8O2S/c1-11-22-23-24-26(11)7-8-28-10-12-3-2-6-25(9-12)13-4-5-21-18-14(13)15(19)16(29-18)17(20)27/h4-5,12H,2-3,6-10,19H2,1H3,(H2,20,27)/t12-/m0/s1. The maximum Gasteiger partial charge on any atom is 0.260 e. The van der Waals surface area contributed by atoms with E-state index in [0.29, 0.717) is 36.2 Å². The highest BCUT2D eigenvalue weighted by atomic mass is 32.1. The SMILES string of the molecule is Cc1nnnn1CCOC[C@H]1CCCN(c2ccnc3sc(C(N)=O)c(N)c23)C1. The van der Waals surface area contributed by atoms with Gasteiger partial charge in [-0.25, -0.2) is 9.67 Å². The van der Waals surface area contributed by atoms with Crippen molar-refractivity contribution in [1.82, 2.24) is 25.2 Å². The molecule has 0 aliphatic carbocycles. The molecule has 4 rings (SSSR count). The average Bonchev–Trinajstić information content (AvgIpc) is 3.28. The molecule has 4 N–H and O–H groups in total. The molecule has 29 heavy (non-hydrogen) atoms. The van der Waals surface area contributed by atoms with Crippen LogP contribution < -0.4 is 16.4 Å². The van der Waals surface area contributed by atoms with Crippen molar-refractivity contribution in [3.05, 3.63) is 23.0 Å². The maximum atomic E-state index is 11.7. The molecule has 1 fully saturated rings. The Bertz CT molecular complexity index is 1020. The summed E-state index contributed by atoms with van der Waals surface area (Å²) in [5, 5.41) is 12.2. The van der Waals surface area contributed by atoms with Crippen LogP contribution in [0, 0.1) is 12.8 Å². The Kier molecular flexibility index (Phi) is 5.58. The van der Waals surface area contributed by atoms with E-state index in [4.69, 9.17) is 16.2 Å². The number of hydrogen-bond donors (Lipinski definition) is 2. The summed E-state index contributed by atoms with van der Waals surface area (Å²) in [7, 11) is 0. The third kappa shape index (κ3) is 4.01. The monoisotopic (exact) mass is 416 g/mol. The van der Waals surface area contributed by atoms with E-state index in [1.807, 2.05) is 13.0 Å². The van der Waals surface area contributed by atoms with E-state index < -0.39 is 5.91 Å². The molecule has 4 heterocycles. The van der Waals surface area contributed by atoms with Crippen LogP contribution >= 0.6 is 11.3 Å². The first kappa shape index (κ1) is 19.5. The van der Waals surface area contributed by atoms with Gasteiger partial charge in [-0.05, 0) is 42.2 Å². The van der Waals surface area contributed by atoms with Crippen LogP contribution in [0.3, 0.4) is 0 Å². The lowest BCUT2D eigenvalue weighted by atomic mass is 9.98. The molecule has 1 aliphatic heterocycles. The summed E-state index contributed by atoms with van der Waals surface area (Å²) in [6, 6.07) is 1.96. The second-order valence-corrected chi connectivity index (χ2v) is 8.20. The van der Waals surface area contributed by atoms with Crippen LogP contribution in [-0.2, 0) is 11.3 Å². The quantitative estimate of drug-likeness (QED) is 0.548. The number of carbonyl (C=O) groups excluding carboxylic acids is 1. The van der Waals surface area contributed by atoms with Gasteiger partial charge in [0.1, 0.15) is 15.5 Å². The predicted octanol–water partition coefficient (Wildman–Crippen LogP) is 1.21. The van der Waals surface area contributed by atoms with Crippen LogP contribution in [-0.4, -0.2) is 57.4 Å². The molecule has 0 radical (unpaired) electrons. The third-order valence-corrected chi connectivity index (χ3v) is 6.33. The van der Waals surface area contributed by atoms with Gasteiger partial charge in [0.2, 0.25) is 0 Å². The third-order valence-electron chi connectivity index (χ3n) is 5.20. The van der Waals surface area contributed by atoms with E-state index in [1.54, 1.807) is 10.9 Å². The Morgan fingerprint density at radius 3 is 3.07 bits per heavy atom. The number of carbonyl (C=O) groups is 1. The lowest BCUT2D eigenvalue weighted by Crippen LogP contribution is -2.37. The molecule has 0 saturated carbocycles. The summed E-state index contributed by atoms with van der Waals surface area (Å²) in [5.74, 6) is 0.680. The number of hydrogen-bond acceptors (Lipinski definition) is 9. The number of piperidine rings is 1. The molecule has 11 heteroatoms. The molecular weight excluding hydrogens is 392 g/mol. The Morgan fingerprint density at radius 1 is 1.45 bits per heavy atom. The number of thiophene rings is 1. The largest absolute Gasteiger partial charge is 0.397 e. The summed E-state index contributed by atoms with van der Waals surface area (Å²) in [5.41, 5.74) is 13.1. The summed E-state index contributed by atoms with van der Waals surface area (Å²) in [6.45, 7) is 5.56. The Labute approximate surface area is 171 Å². The van der Waals surface area contributed by atoms with Gasteiger partial charge in [0.25, 0.3) is 5.91 Å². The number of rotatable bonds is 7. The lowest BCUT2D eigenvalue weighted by Gasteiger charge is -2.34. The molecule has 1 saturated heterocycles. The number of amides is 1. The number of nitrogens with zero attached hydrogens (tertiary/aromatic N) is 6. The summed E-state index contributed by atoms with van der Waals surface area (Å²) in [4.78, 5) is 19.5. The molecular formula is C18H24N8O2S. The first-order valence-electron chi connectivity index (χ1n) is 9.57. The fourth-order valence-corrected chi connectivity index (χ4v) is 4.69. The van der Waals surface area contributed by atoms with Crippen LogP contribution in [0.1, 0.15) is 28.3 Å². The average molecular weight is 417 g/mol. The van der Waals surface area contributed by atoms with Crippen LogP contribution in [0.25, 0.3) is 10.2 Å². The molecule has 0 aromatic carbocycles. The van der Waals surface area contributed by atoms with Crippen LogP contribution in [0.5, 0.6) is 0 Å². The van der Waals surface area contributed by atoms with Crippen molar-refractivity contribution in [2.45, 2.75) is 26.3 Å². The molecule has 3 aromatic rings. The number of tetrazole rings is 1. The lowest BCUT2D eigenvalue weighted by molar-refractivity contribution is 0.0852.